The third-order valence-corrected chi connectivity index (χ3v) is 6.16. The van der Waals surface area contributed by atoms with Crippen molar-refractivity contribution in [3.05, 3.63) is 54.1 Å². The van der Waals surface area contributed by atoms with Crippen molar-refractivity contribution < 1.29 is 30.4 Å². The lowest BCUT2D eigenvalue weighted by Crippen LogP contribution is -2.23. The van der Waals surface area contributed by atoms with E-state index in [4.69, 9.17) is 4.74 Å². The molecule has 0 atom stereocenters. The molecule has 0 aromatic heterocycles. The van der Waals surface area contributed by atoms with E-state index in [2.05, 4.69) is 4.72 Å². The van der Waals surface area contributed by atoms with Crippen LogP contribution in [-0.4, -0.2) is 29.7 Å². The number of sulfonamides is 1. The molecule has 1 N–H and O–H groups in total. The van der Waals surface area contributed by atoms with Gasteiger partial charge in [0.15, 0.2) is 0 Å². The first-order valence-electron chi connectivity index (χ1n) is 6.92. The van der Waals surface area contributed by atoms with Gasteiger partial charge in [0.2, 0.25) is 19.9 Å². The van der Waals surface area contributed by atoms with Gasteiger partial charge in [-0.05, 0) is 30.3 Å². The van der Waals surface area contributed by atoms with Crippen LogP contribution in [0.15, 0.2) is 58.3 Å². The number of alkyl halides is 2. The van der Waals surface area contributed by atoms with E-state index in [1.165, 1.54) is 7.11 Å². The van der Waals surface area contributed by atoms with Gasteiger partial charge < -0.3 is 4.74 Å². The van der Waals surface area contributed by atoms with Crippen LogP contribution in [0.25, 0.3) is 0 Å². The summed E-state index contributed by atoms with van der Waals surface area (Å²) in [5.41, 5.74) is 0.602. The molecule has 2 aromatic carbocycles. The minimum atomic E-state index is -4.77. The summed E-state index contributed by atoms with van der Waals surface area (Å²) in [5, 5.41) is 0. The molecule has 0 aliphatic carbocycles. The highest BCUT2D eigenvalue weighted by Crippen LogP contribution is 2.21. The minimum Gasteiger partial charge on any atom is -0.496 e. The molecular formula is C15H15F2NO5S2. The number of benzene rings is 2. The molecule has 0 saturated heterocycles. The van der Waals surface area contributed by atoms with E-state index in [-0.39, 0.29) is 11.4 Å². The van der Waals surface area contributed by atoms with Gasteiger partial charge in [0.25, 0.3) is 0 Å². The second-order valence-corrected chi connectivity index (χ2v) is 8.60. The Bertz CT molecular complexity index is 942. The van der Waals surface area contributed by atoms with Gasteiger partial charge in [-0.1, -0.05) is 18.2 Å². The number of nitrogens with one attached hydrogen (secondary N) is 1. The van der Waals surface area contributed by atoms with Gasteiger partial charge in [0.1, 0.15) is 5.75 Å². The highest BCUT2D eigenvalue weighted by molar-refractivity contribution is 7.91. The Morgan fingerprint density at radius 3 is 2.08 bits per heavy atom. The molecule has 25 heavy (non-hydrogen) atoms. The molecular weight excluding hydrogens is 376 g/mol. The topological polar surface area (TPSA) is 89.5 Å². The molecule has 0 aliphatic rings. The van der Waals surface area contributed by atoms with E-state index in [1.807, 2.05) is 0 Å². The number of methoxy groups -OCH3 is 1. The number of ether oxygens (including phenoxy) is 1. The zero-order chi connectivity index (χ0) is 18.7. The molecule has 6 nitrogen and oxygen atoms in total. The molecule has 2 aromatic rings. The third kappa shape index (κ3) is 4.33. The average molecular weight is 391 g/mol. The first-order valence-corrected chi connectivity index (χ1v) is 9.95. The second kappa shape index (κ2) is 7.46. The maximum Gasteiger partial charge on any atom is 0.341 e. The average Bonchev–Trinajstić information content (AvgIpc) is 2.60. The van der Waals surface area contributed by atoms with Crippen LogP contribution < -0.4 is 9.46 Å². The van der Waals surface area contributed by atoms with Crippen LogP contribution in [0.5, 0.6) is 5.75 Å². The lowest BCUT2D eigenvalue weighted by molar-refractivity contribution is 0.234. The van der Waals surface area contributed by atoms with Gasteiger partial charge >= 0.3 is 5.76 Å². The smallest absolute Gasteiger partial charge is 0.341 e. The van der Waals surface area contributed by atoms with E-state index in [9.17, 15) is 25.6 Å². The maximum atomic E-state index is 12.5. The van der Waals surface area contributed by atoms with Crippen LogP contribution in [0.4, 0.5) is 8.78 Å². The number of hydrogen-bond donors (Lipinski definition) is 1. The van der Waals surface area contributed by atoms with Crippen molar-refractivity contribution in [3.8, 4) is 5.75 Å². The Morgan fingerprint density at radius 2 is 1.52 bits per heavy atom. The molecule has 0 bridgehead atoms. The van der Waals surface area contributed by atoms with Crippen molar-refractivity contribution >= 4 is 19.9 Å². The van der Waals surface area contributed by atoms with Gasteiger partial charge in [0, 0.05) is 12.1 Å². The monoisotopic (exact) mass is 391 g/mol. The first-order chi connectivity index (χ1) is 11.7. The number of sulfone groups is 1. The summed E-state index contributed by atoms with van der Waals surface area (Å²) in [4.78, 5) is -0.887. The minimum absolute atomic E-state index is 0.0522. The Kier molecular flexibility index (Phi) is 5.76. The van der Waals surface area contributed by atoms with Crippen LogP contribution >= 0.6 is 0 Å². The van der Waals surface area contributed by atoms with Crippen LogP contribution in [0.1, 0.15) is 5.56 Å². The second-order valence-electron chi connectivity index (χ2n) is 4.91. The zero-order valence-corrected chi connectivity index (χ0v) is 14.6. The van der Waals surface area contributed by atoms with E-state index < -0.39 is 30.5 Å². The third-order valence-electron chi connectivity index (χ3n) is 3.34. The molecule has 0 unspecified atom stereocenters. The summed E-state index contributed by atoms with van der Waals surface area (Å²) in [6.07, 6.45) is 0. The molecule has 0 radical (unpaired) electrons. The molecule has 10 heteroatoms. The van der Waals surface area contributed by atoms with Gasteiger partial charge in [-0.15, -0.1) is 0 Å². The summed E-state index contributed by atoms with van der Waals surface area (Å²) >= 11 is 0. The number of rotatable bonds is 7. The van der Waals surface area contributed by atoms with Crippen molar-refractivity contribution in [2.24, 2.45) is 0 Å². The lowest BCUT2D eigenvalue weighted by Gasteiger charge is -2.10. The van der Waals surface area contributed by atoms with Crippen molar-refractivity contribution in [1.82, 2.24) is 4.72 Å². The summed E-state index contributed by atoms with van der Waals surface area (Å²) in [7, 11) is -7.27. The molecule has 0 heterocycles. The van der Waals surface area contributed by atoms with Gasteiger partial charge in [0.05, 0.1) is 16.9 Å². The molecule has 0 aliphatic heterocycles. The van der Waals surface area contributed by atoms with Crippen LogP contribution in [0, 0.1) is 0 Å². The van der Waals surface area contributed by atoms with Crippen molar-refractivity contribution in [3.63, 3.8) is 0 Å². The van der Waals surface area contributed by atoms with Gasteiger partial charge in [-0.3, -0.25) is 0 Å². The molecule has 0 spiro atoms. The van der Waals surface area contributed by atoms with Crippen LogP contribution in [0.2, 0.25) is 0 Å². The van der Waals surface area contributed by atoms with E-state index in [1.54, 1.807) is 24.3 Å². The van der Waals surface area contributed by atoms with Crippen molar-refractivity contribution in [2.75, 3.05) is 7.11 Å². The summed E-state index contributed by atoms with van der Waals surface area (Å²) < 4.78 is 79.6. The standard InChI is InChI=1S/C15H15F2NO5S2/c1-23-14-5-3-2-4-11(14)10-18-25(21,22)13-8-6-12(7-9-13)24(19,20)15(16)17/h2-9,15,18H,10H2,1H3. The Balaban J connectivity index is 2.20. The van der Waals surface area contributed by atoms with E-state index in [0.29, 0.717) is 11.3 Å². The maximum absolute atomic E-state index is 12.5. The summed E-state index contributed by atoms with van der Waals surface area (Å²) in [5.74, 6) is -3.07. The predicted octanol–water partition coefficient (Wildman–Crippen LogP) is 2.17. The van der Waals surface area contributed by atoms with Gasteiger partial charge in [-0.2, -0.15) is 8.78 Å². The summed E-state index contributed by atoms with van der Waals surface area (Å²) in [6, 6.07) is 10.4. The van der Waals surface area contributed by atoms with Crippen LogP contribution in [0.3, 0.4) is 0 Å². The molecule has 2 rings (SSSR count). The Morgan fingerprint density at radius 1 is 0.960 bits per heavy atom. The fourth-order valence-corrected chi connectivity index (χ4v) is 3.74. The summed E-state index contributed by atoms with van der Waals surface area (Å²) in [6.45, 7) is -0.0522. The lowest BCUT2D eigenvalue weighted by atomic mass is 10.2. The molecule has 0 amide bonds. The number of halogens is 2. The molecule has 0 fully saturated rings. The molecule has 0 saturated carbocycles. The number of para-hydroxylation sites is 1. The zero-order valence-electron chi connectivity index (χ0n) is 13.0. The fourth-order valence-electron chi connectivity index (χ4n) is 2.02. The first kappa shape index (κ1) is 19.3. The normalized spacial score (nSPS) is 12.3. The predicted molar refractivity (Wildman–Crippen MR) is 86.7 cm³/mol. The number of hydrogen-bond acceptors (Lipinski definition) is 5. The van der Waals surface area contributed by atoms with E-state index in [0.717, 1.165) is 24.3 Å². The molecule has 136 valence electrons. The Hall–Kier alpha value is -2.04. The van der Waals surface area contributed by atoms with E-state index >= 15 is 0 Å². The fraction of sp³-hybridized carbons (Fsp3) is 0.200. The highest BCUT2D eigenvalue weighted by atomic mass is 32.2. The van der Waals surface area contributed by atoms with Gasteiger partial charge in [-0.25, -0.2) is 21.6 Å². The largest absolute Gasteiger partial charge is 0.496 e. The SMILES string of the molecule is COc1ccccc1CNS(=O)(=O)c1ccc(S(=O)(=O)C(F)F)cc1. The Labute approximate surface area is 144 Å². The quantitative estimate of drug-likeness (QED) is 0.781. The van der Waals surface area contributed by atoms with Crippen LogP contribution in [-0.2, 0) is 26.4 Å². The highest BCUT2D eigenvalue weighted by Gasteiger charge is 2.27. The van der Waals surface area contributed by atoms with Crippen molar-refractivity contribution in [2.45, 2.75) is 22.1 Å². The van der Waals surface area contributed by atoms with Crippen molar-refractivity contribution in [1.29, 1.82) is 0 Å².